The molecule has 1 aliphatic carbocycles. The molecule has 0 bridgehead atoms. The lowest BCUT2D eigenvalue weighted by Crippen LogP contribution is -1.86. The van der Waals surface area contributed by atoms with Crippen LogP contribution in [0.15, 0.2) is 54.6 Å². The molecule has 1 heteroatoms. The highest BCUT2D eigenvalue weighted by Crippen LogP contribution is 2.42. The van der Waals surface area contributed by atoms with E-state index in [2.05, 4.69) is 77.2 Å². The van der Waals surface area contributed by atoms with E-state index in [-0.39, 0.29) is 0 Å². The van der Waals surface area contributed by atoms with Crippen molar-refractivity contribution in [1.29, 1.82) is 0 Å². The molecule has 0 nitrogen and oxygen atoms in total. The van der Waals surface area contributed by atoms with Crippen LogP contribution in [0.5, 0.6) is 0 Å². The van der Waals surface area contributed by atoms with Gasteiger partial charge in [-0.05, 0) is 68.1 Å². The summed E-state index contributed by atoms with van der Waals surface area (Å²) in [4.78, 5) is 0. The van der Waals surface area contributed by atoms with Crippen LogP contribution >= 0.6 is 22.6 Å². The third-order valence-corrected chi connectivity index (χ3v) is 4.64. The molecule has 0 N–H and O–H groups in total. The van der Waals surface area contributed by atoms with Crippen molar-refractivity contribution >= 4 is 33.4 Å². The number of halogens is 1. The molecule has 0 fully saturated rings. The van der Waals surface area contributed by atoms with Gasteiger partial charge in [-0.1, -0.05) is 48.5 Å². The van der Waals surface area contributed by atoms with Crippen LogP contribution in [0.25, 0.3) is 21.9 Å². The van der Waals surface area contributed by atoms with Gasteiger partial charge in [0.2, 0.25) is 0 Å². The fourth-order valence-corrected chi connectivity index (χ4v) is 3.81. The molecule has 0 spiro atoms. The summed E-state index contributed by atoms with van der Waals surface area (Å²) in [6.45, 7) is 0. The molecule has 0 saturated carbocycles. The molecule has 3 aromatic rings. The van der Waals surface area contributed by atoms with Crippen molar-refractivity contribution in [2.45, 2.75) is 6.42 Å². The Morgan fingerprint density at radius 2 is 1.50 bits per heavy atom. The van der Waals surface area contributed by atoms with E-state index in [1.807, 2.05) is 0 Å². The van der Waals surface area contributed by atoms with Crippen LogP contribution in [-0.2, 0) is 6.42 Å². The largest absolute Gasteiger partial charge is 0.0619 e. The van der Waals surface area contributed by atoms with Gasteiger partial charge in [0, 0.05) is 3.57 Å². The van der Waals surface area contributed by atoms with E-state index in [1.165, 1.54) is 36.6 Å². The van der Waals surface area contributed by atoms with E-state index in [9.17, 15) is 0 Å². The Kier molecular flexibility index (Phi) is 2.24. The zero-order valence-corrected chi connectivity index (χ0v) is 11.9. The predicted molar refractivity (Wildman–Crippen MR) is 84.9 cm³/mol. The molecule has 0 unspecified atom stereocenters. The Bertz CT molecular complexity index is 772. The molecule has 0 aromatic heterocycles. The smallest absolute Gasteiger partial charge is 0.0212 e. The quantitative estimate of drug-likeness (QED) is 0.394. The van der Waals surface area contributed by atoms with E-state index in [0.29, 0.717) is 0 Å². The first kappa shape index (κ1) is 10.6. The lowest BCUT2D eigenvalue weighted by Gasteiger charge is -2.08. The molecule has 0 saturated heterocycles. The number of fused-ring (bicyclic) bond motifs is 5. The third kappa shape index (κ3) is 1.37. The van der Waals surface area contributed by atoms with Crippen LogP contribution in [-0.4, -0.2) is 0 Å². The molecule has 3 aromatic carbocycles. The molecule has 0 aliphatic heterocycles. The maximum absolute atomic E-state index is 2.45. The second-order valence-corrected chi connectivity index (χ2v) is 5.93. The van der Waals surface area contributed by atoms with Crippen LogP contribution < -0.4 is 0 Å². The molecular formula is C17H11I. The molecule has 86 valence electrons. The molecule has 0 atom stereocenters. The van der Waals surface area contributed by atoms with Gasteiger partial charge in [-0.2, -0.15) is 0 Å². The van der Waals surface area contributed by atoms with E-state index in [1.54, 1.807) is 0 Å². The molecule has 0 heterocycles. The normalized spacial score (nSPS) is 12.5. The van der Waals surface area contributed by atoms with Crippen molar-refractivity contribution in [3.8, 4) is 11.1 Å². The van der Waals surface area contributed by atoms with Crippen molar-refractivity contribution in [3.63, 3.8) is 0 Å². The monoisotopic (exact) mass is 342 g/mol. The summed E-state index contributed by atoms with van der Waals surface area (Å²) in [5, 5.41) is 2.76. The zero-order valence-electron chi connectivity index (χ0n) is 9.78. The van der Waals surface area contributed by atoms with E-state index >= 15 is 0 Å². The summed E-state index contributed by atoms with van der Waals surface area (Å²) in [6, 6.07) is 19.8. The summed E-state index contributed by atoms with van der Waals surface area (Å²) < 4.78 is 1.36. The minimum Gasteiger partial charge on any atom is -0.0619 e. The average Bonchev–Trinajstić information content (AvgIpc) is 2.77. The summed E-state index contributed by atoms with van der Waals surface area (Å²) in [6.07, 6.45) is 1.08. The van der Waals surface area contributed by atoms with Crippen LogP contribution in [0.2, 0.25) is 0 Å². The van der Waals surface area contributed by atoms with Crippen LogP contribution in [0.3, 0.4) is 0 Å². The number of benzene rings is 3. The zero-order chi connectivity index (χ0) is 12.1. The highest BCUT2D eigenvalue weighted by molar-refractivity contribution is 14.1. The number of rotatable bonds is 0. The number of hydrogen-bond donors (Lipinski definition) is 0. The summed E-state index contributed by atoms with van der Waals surface area (Å²) in [7, 11) is 0. The van der Waals surface area contributed by atoms with Crippen molar-refractivity contribution in [2.24, 2.45) is 0 Å². The van der Waals surface area contributed by atoms with Gasteiger partial charge in [0.15, 0.2) is 0 Å². The van der Waals surface area contributed by atoms with Crippen molar-refractivity contribution < 1.29 is 0 Å². The van der Waals surface area contributed by atoms with Gasteiger partial charge < -0.3 is 0 Å². The minimum atomic E-state index is 1.08. The van der Waals surface area contributed by atoms with Crippen molar-refractivity contribution in [1.82, 2.24) is 0 Å². The molecular weight excluding hydrogens is 331 g/mol. The Morgan fingerprint density at radius 3 is 2.39 bits per heavy atom. The van der Waals surface area contributed by atoms with Gasteiger partial charge in [-0.25, -0.2) is 0 Å². The van der Waals surface area contributed by atoms with Crippen LogP contribution in [0.1, 0.15) is 11.1 Å². The molecule has 0 radical (unpaired) electrons. The minimum absolute atomic E-state index is 1.08. The standard InChI is InChI=1S/C17H11I/c18-16-10-12-9-11-5-1-2-6-13(11)17(12)15-8-4-3-7-14(15)16/h1-8,10H,9H2. The second-order valence-electron chi connectivity index (χ2n) is 4.77. The Morgan fingerprint density at radius 1 is 0.778 bits per heavy atom. The van der Waals surface area contributed by atoms with Gasteiger partial charge in [-0.3, -0.25) is 0 Å². The molecule has 1 aliphatic rings. The van der Waals surface area contributed by atoms with Gasteiger partial charge in [-0.15, -0.1) is 0 Å². The van der Waals surface area contributed by atoms with Gasteiger partial charge >= 0.3 is 0 Å². The highest BCUT2D eigenvalue weighted by atomic mass is 127. The lowest BCUT2D eigenvalue weighted by molar-refractivity contribution is 1.26. The number of hydrogen-bond acceptors (Lipinski definition) is 0. The maximum atomic E-state index is 2.45. The highest BCUT2D eigenvalue weighted by Gasteiger charge is 2.21. The van der Waals surface area contributed by atoms with Crippen LogP contribution in [0.4, 0.5) is 0 Å². The summed E-state index contributed by atoms with van der Waals surface area (Å²) in [5.41, 5.74) is 5.79. The van der Waals surface area contributed by atoms with Crippen molar-refractivity contribution in [3.05, 3.63) is 69.3 Å². The summed E-state index contributed by atoms with van der Waals surface area (Å²) >= 11 is 2.45. The topological polar surface area (TPSA) is 0 Å². The van der Waals surface area contributed by atoms with Crippen LogP contribution in [0, 0.1) is 3.57 Å². The molecule has 4 rings (SSSR count). The molecule has 0 amide bonds. The SMILES string of the molecule is Ic1cc2c(c3ccccc13)-c1ccccc1C2. The first-order chi connectivity index (χ1) is 8.84. The Balaban J connectivity index is 2.19. The fraction of sp³-hybridized carbons (Fsp3) is 0.0588. The van der Waals surface area contributed by atoms with Gasteiger partial charge in [0.25, 0.3) is 0 Å². The van der Waals surface area contributed by atoms with E-state index in [0.717, 1.165) is 6.42 Å². The third-order valence-electron chi connectivity index (χ3n) is 3.74. The van der Waals surface area contributed by atoms with E-state index < -0.39 is 0 Å². The first-order valence-electron chi connectivity index (χ1n) is 6.13. The maximum Gasteiger partial charge on any atom is 0.0212 e. The first-order valence-corrected chi connectivity index (χ1v) is 7.21. The molecule has 18 heavy (non-hydrogen) atoms. The van der Waals surface area contributed by atoms with Gasteiger partial charge in [0.1, 0.15) is 0 Å². The average molecular weight is 342 g/mol. The summed E-state index contributed by atoms with van der Waals surface area (Å²) in [5.74, 6) is 0. The lowest BCUT2D eigenvalue weighted by atomic mass is 9.98. The fourth-order valence-electron chi connectivity index (χ4n) is 2.97. The predicted octanol–water partition coefficient (Wildman–Crippen LogP) is 5.02. The van der Waals surface area contributed by atoms with Crippen molar-refractivity contribution in [2.75, 3.05) is 0 Å². The Hall–Kier alpha value is -1.35. The Labute approximate surface area is 120 Å². The second kappa shape index (κ2) is 3.82. The van der Waals surface area contributed by atoms with E-state index in [4.69, 9.17) is 0 Å². The van der Waals surface area contributed by atoms with Gasteiger partial charge in [0.05, 0.1) is 0 Å².